The van der Waals surface area contributed by atoms with Gasteiger partial charge in [0.25, 0.3) is 0 Å². The van der Waals surface area contributed by atoms with E-state index in [1.165, 1.54) is 6.07 Å². The van der Waals surface area contributed by atoms with Crippen LogP contribution in [0.4, 0.5) is 4.39 Å². The van der Waals surface area contributed by atoms with Crippen molar-refractivity contribution in [1.82, 2.24) is 4.98 Å². The van der Waals surface area contributed by atoms with Crippen LogP contribution in [0.15, 0.2) is 18.2 Å². The fourth-order valence-corrected chi connectivity index (χ4v) is 3.61. The van der Waals surface area contributed by atoms with Gasteiger partial charge in [0.2, 0.25) is 0 Å². The molecule has 1 aromatic heterocycles. The molecule has 0 amide bonds. The molecule has 1 N–H and O–H groups in total. The van der Waals surface area contributed by atoms with E-state index in [0.29, 0.717) is 19.6 Å². The minimum atomic E-state index is -0.726. The monoisotopic (exact) mass is 289 g/mol. The molecule has 1 fully saturated rings. The van der Waals surface area contributed by atoms with Crippen molar-refractivity contribution in [3.05, 3.63) is 35.3 Å². The summed E-state index contributed by atoms with van der Waals surface area (Å²) in [5.74, 6) is -0.776. The van der Waals surface area contributed by atoms with Gasteiger partial charge in [0, 0.05) is 10.9 Å². The molecule has 0 unspecified atom stereocenters. The normalized spacial score (nSPS) is 28.7. The van der Waals surface area contributed by atoms with Gasteiger partial charge in [0.05, 0.1) is 24.8 Å². The molecule has 0 bridgehead atoms. The summed E-state index contributed by atoms with van der Waals surface area (Å²) in [5, 5.41) is 0.880. The second-order valence-corrected chi connectivity index (χ2v) is 5.88. The van der Waals surface area contributed by atoms with Crippen LogP contribution in [0.2, 0.25) is 0 Å². The number of carbonyl (C=O) groups is 1. The molecule has 5 heteroatoms. The first-order valence-corrected chi connectivity index (χ1v) is 7.21. The number of ether oxygens (including phenoxy) is 2. The third-order valence-electron chi connectivity index (χ3n) is 4.72. The van der Waals surface area contributed by atoms with Crippen molar-refractivity contribution in [3.8, 4) is 0 Å². The highest BCUT2D eigenvalue weighted by Gasteiger charge is 2.49. The van der Waals surface area contributed by atoms with E-state index in [9.17, 15) is 9.18 Å². The van der Waals surface area contributed by atoms with Crippen LogP contribution >= 0.6 is 0 Å². The van der Waals surface area contributed by atoms with E-state index in [1.807, 2.05) is 6.92 Å². The Hall–Kier alpha value is -1.88. The van der Waals surface area contributed by atoms with Gasteiger partial charge in [-0.1, -0.05) is 0 Å². The smallest absolute Gasteiger partial charge is 0.312 e. The van der Waals surface area contributed by atoms with Crippen LogP contribution < -0.4 is 0 Å². The first kappa shape index (κ1) is 12.8. The minimum absolute atomic E-state index is 0.213. The minimum Gasteiger partial charge on any atom is -0.465 e. The van der Waals surface area contributed by atoms with Crippen molar-refractivity contribution in [1.29, 1.82) is 0 Å². The first-order valence-electron chi connectivity index (χ1n) is 7.21. The summed E-state index contributed by atoms with van der Waals surface area (Å²) in [5.41, 5.74) is 2.09. The Morgan fingerprint density at radius 2 is 2.24 bits per heavy atom. The van der Waals surface area contributed by atoms with Gasteiger partial charge in [-0.05, 0) is 43.5 Å². The molecule has 4 nitrogen and oxygen atoms in total. The molecule has 2 aromatic rings. The lowest BCUT2D eigenvalue weighted by atomic mass is 9.81. The Morgan fingerprint density at radius 1 is 1.38 bits per heavy atom. The molecule has 110 valence electrons. The molecule has 3 heterocycles. The maximum Gasteiger partial charge on any atom is 0.312 e. The van der Waals surface area contributed by atoms with E-state index in [-0.39, 0.29) is 17.7 Å². The summed E-state index contributed by atoms with van der Waals surface area (Å²) in [6.07, 6.45) is 1.37. The Labute approximate surface area is 121 Å². The van der Waals surface area contributed by atoms with Crippen LogP contribution in [0, 0.1) is 11.7 Å². The van der Waals surface area contributed by atoms with Gasteiger partial charge in [-0.25, -0.2) is 4.39 Å². The number of fused-ring (bicyclic) bond motifs is 3. The molecule has 21 heavy (non-hydrogen) atoms. The Morgan fingerprint density at radius 3 is 3.00 bits per heavy atom. The van der Waals surface area contributed by atoms with Crippen molar-refractivity contribution < 1.29 is 18.7 Å². The molecule has 0 spiro atoms. The Bertz CT molecular complexity index is 738. The van der Waals surface area contributed by atoms with Crippen molar-refractivity contribution in [2.24, 2.45) is 5.92 Å². The zero-order chi connectivity index (χ0) is 14.6. The Kier molecular flexibility index (Phi) is 2.63. The average molecular weight is 289 g/mol. The number of nitrogens with one attached hydrogen (secondary N) is 1. The maximum absolute atomic E-state index is 13.5. The largest absolute Gasteiger partial charge is 0.465 e. The number of aromatic amines is 1. The number of hydrogen-bond acceptors (Lipinski definition) is 3. The average Bonchev–Trinajstić information content (AvgIpc) is 3.04. The topological polar surface area (TPSA) is 51.3 Å². The van der Waals surface area contributed by atoms with Gasteiger partial charge in [-0.15, -0.1) is 0 Å². The lowest BCUT2D eigenvalue weighted by Crippen LogP contribution is -2.41. The van der Waals surface area contributed by atoms with Gasteiger partial charge in [0.1, 0.15) is 11.4 Å². The standard InChI is InChI=1S/C16H16FNO3/c1-16(12-5-6-20-15(12)19)14-10(4-7-21-16)11-8-9(17)2-3-13(11)18-14/h2-3,8,12,18H,4-7H2,1H3/t12-,16+/m1/s1. The van der Waals surface area contributed by atoms with Gasteiger partial charge < -0.3 is 14.5 Å². The maximum atomic E-state index is 13.5. The van der Waals surface area contributed by atoms with Crippen molar-refractivity contribution in [2.45, 2.75) is 25.4 Å². The van der Waals surface area contributed by atoms with E-state index in [1.54, 1.807) is 12.1 Å². The van der Waals surface area contributed by atoms with E-state index < -0.39 is 5.60 Å². The summed E-state index contributed by atoms with van der Waals surface area (Å²) in [7, 11) is 0. The van der Waals surface area contributed by atoms with Crippen LogP contribution in [0.5, 0.6) is 0 Å². The first-order chi connectivity index (χ1) is 10.1. The number of cyclic esters (lactones) is 1. The van der Waals surface area contributed by atoms with Crippen LogP contribution in [0.3, 0.4) is 0 Å². The summed E-state index contributed by atoms with van der Waals surface area (Å²) in [6.45, 7) is 2.89. The van der Waals surface area contributed by atoms with Gasteiger partial charge in [-0.3, -0.25) is 4.79 Å². The van der Waals surface area contributed by atoms with Crippen LogP contribution in [0.25, 0.3) is 10.9 Å². The van der Waals surface area contributed by atoms with Gasteiger partial charge in [-0.2, -0.15) is 0 Å². The molecular weight excluding hydrogens is 273 g/mol. The van der Waals surface area contributed by atoms with Crippen LogP contribution in [0.1, 0.15) is 24.6 Å². The molecule has 2 aliphatic heterocycles. The summed E-state index contributed by atoms with van der Waals surface area (Å²) in [6, 6.07) is 4.71. The molecule has 0 saturated carbocycles. The third kappa shape index (κ3) is 1.73. The van der Waals surface area contributed by atoms with E-state index in [0.717, 1.165) is 28.6 Å². The number of aromatic nitrogens is 1. The highest BCUT2D eigenvalue weighted by molar-refractivity contribution is 5.86. The quantitative estimate of drug-likeness (QED) is 0.821. The molecular formula is C16H16FNO3. The molecule has 0 aliphatic carbocycles. The highest BCUT2D eigenvalue weighted by atomic mass is 19.1. The lowest BCUT2D eigenvalue weighted by molar-refractivity contribution is -0.154. The molecule has 1 saturated heterocycles. The highest BCUT2D eigenvalue weighted by Crippen LogP contribution is 2.44. The zero-order valence-electron chi connectivity index (χ0n) is 11.7. The third-order valence-corrected chi connectivity index (χ3v) is 4.72. The van der Waals surface area contributed by atoms with Gasteiger partial charge >= 0.3 is 5.97 Å². The van der Waals surface area contributed by atoms with E-state index in [2.05, 4.69) is 4.98 Å². The van der Waals surface area contributed by atoms with Crippen molar-refractivity contribution in [3.63, 3.8) is 0 Å². The SMILES string of the molecule is C[C@@]1([C@@H]2CCOC2=O)OCCc2c1[nH]c1ccc(F)cc21. The van der Waals surface area contributed by atoms with Crippen LogP contribution in [-0.4, -0.2) is 24.2 Å². The van der Waals surface area contributed by atoms with Gasteiger partial charge in [0.15, 0.2) is 0 Å². The summed E-state index contributed by atoms with van der Waals surface area (Å²) < 4.78 is 24.6. The van der Waals surface area contributed by atoms with Crippen molar-refractivity contribution in [2.75, 3.05) is 13.2 Å². The molecule has 2 aliphatic rings. The van der Waals surface area contributed by atoms with Crippen molar-refractivity contribution >= 4 is 16.9 Å². The fraction of sp³-hybridized carbons (Fsp3) is 0.438. The second kappa shape index (κ2) is 4.31. The second-order valence-electron chi connectivity index (χ2n) is 5.88. The molecule has 4 rings (SSSR count). The summed E-state index contributed by atoms with van der Waals surface area (Å²) in [4.78, 5) is 15.3. The fourth-order valence-electron chi connectivity index (χ4n) is 3.61. The number of halogens is 1. The number of esters is 1. The van der Waals surface area contributed by atoms with E-state index >= 15 is 0 Å². The number of carbonyl (C=O) groups excluding carboxylic acids is 1. The molecule has 1 aromatic carbocycles. The zero-order valence-corrected chi connectivity index (χ0v) is 11.7. The number of hydrogen-bond donors (Lipinski definition) is 1. The predicted octanol–water partition coefficient (Wildman–Crippen LogP) is 2.66. The number of H-pyrrole nitrogens is 1. The molecule has 2 atom stereocenters. The predicted molar refractivity (Wildman–Crippen MR) is 74.3 cm³/mol. The number of rotatable bonds is 1. The Balaban J connectivity index is 1.91. The summed E-state index contributed by atoms with van der Waals surface area (Å²) >= 11 is 0. The van der Waals surface area contributed by atoms with Crippen LogP contribution in [-0.2, 0) is 26.3 Å². The molecule has 0 radical (unpaired) electrons. The van der Waals surface area contributed by atoms with E-state index in [4.69, 9.17) is 9.47 Å². The number of benzene rings is 1. The lowest BCUT2D eigenvalue weighted by Gasteiger charge is -2.37.